The fraction of sp³-hybridized carbons (Fsp3) is 0.192. The van der Waals surface area contributed by atoms with E-state index >= 15 is 0 Å². The van der Waals surface area contributed by atoms with Gasteiger partial charge in [-0.25, -0.2) is 23.1 Å². The minimum absolute atomic E-state index is 0.00324. The summed E-state index contributed by atoms with van der Waals surface area (Å²) >= 11 is 0. The average Bonchev–Trinajstić information content (AvgIpc) is 3.46. The number of hydrogen-bond donors (Lipinski definition) is 3. The molecule has 3 N–H and O–H groups in total. The van der Waals surface area contributed by atoms with E-state index in [1.807, 2.05) is 0 Å². The fourth-order valence-corrected chi connectivity index (χ4v) is 4.63. The van der Waals surface area contributed by atoms with E-state index in [1.54, 1.807) is 19.1 Å². The van der Waals surface area contributed by atoms with E-state index in [1.165, 1.54) is 30.3 Å². The first-order valence-corrected chi connectivity index (χ1v) is 11.5. The molecular formula is C26H21F2N5O4. The zero-order valence-corrected chi connectivity index (χ0v) is 19.6. The first-order chi connectivity index (χ1) is 17.7. The second-order valence-electron chi connectivity index (χ2n) is 8.74. The minimum Gasteiger partial charge on any atom is -0.478 e. The number of aromatic carboxylic acids is 1. The lowest BCUT2D eigenvalue weighted by atomic mass is 9.98. The Labute approximate surface area is 209 Å². The highest BCUT2D eigenvalue weighted by molar-refractivity contribution is 5.98. The van der Waals surface area contributed by atoms with E-state index in [0.29, 0.717) is 24.0 Å². The third kappa shape index (κ3) is 4.51. The van der Waals surface area contributed by atoms with Crippen molar-refractivity contribution in [3.05, 3.63) is 99.5 Å². The number of nitrogens with zero attached hydrogens (tertiary/aromatic N) is 3. The molecule has 0 radical (unpaired) electrons. The van der Waals surface area contributed by atoms with Gasteiger partial charge in [0.1, 0.15) is 17.2 Å². The lowest BCUT2D eigenvalue weighted by molar-refractivity contribution is 0.0695. The molecule has 0 aliphatic heterocycles. The number of carbonyl (C=O) groups is 3. The quantitative estimate of drug-likeness (QED) is 0.369. The topological polar surface area (TPSA) is 126 Å². The molecule has 5 rings (SSSR count). The van der Waals surface area contributed by atoms with Gasteiger partial charge in [-0.1, -0.05) is 18.2 Å². The van der Waals surface area contributed by atoms with Crippen molar-refractivity contribution in [2.45, 2.75) is 32.4 Å². The van der Waals surface area contributed by atoms with E-state index in [0.717, 1.165) is 21.8 Å². The van der Waals surface area contributed by atoms with Crippen LogP contribution in [0.2, 0.25) is 0 Å². The van der Waals surface area contributed by atoms with Crippen molar-refractivity contribution in [1.82, 2.24) is 25.2 Å². The summed E-state index contributed by atoms with van der Waals surface area (Å²) in [6.07, 6.45) is 2.03. The van der Waals surface area contributed by atoms with Crippen LogP contribution in [-0.2, 0) is 13.0 Å². The van der Waals surface area contributed by atoms with E-state index in [-0.39, 0.29) is 29.1 Å². The number of aromatic nitrogens is 3. The molecule has 2 amide bonds. The predicted molar refractivity (Wildman–Crippen MR) is 127 cm³/mol. The smallest absolute Gasteiger partial charge is 0.335 e. The Bertz CT molecular complexity index is 1580. The third-order valence-corrected chi connectivity index (χ3v) is 6.46. The van der Waals surface area contributed by atoms with Crippen molar-refractivity contribution < 1.29 is 28.3 Å². The molecule has 11 heteroatoms. The molecule has 0 bridgehead atoms. The molecule has 0 fully saturated rings. The van der Waals surface area contributed by atoms with Crippen molar-refractivity contribution in [3.8, 4) is 0 Å². The number of hydrogen-bond acceptors (Lipinski definition) is 5. The van der Waals surface area contributed by atoms with Gasteiger partial charge >= 0.3 is 5.97 Å². The first-order valence-electron chi connectivity index (χ1n) is 11.5. The number of carbonyl (C=O) groups excluding carboxylic acids is 2. The van der Waals surface area contributed by atoms with Crippen LogP contribution in [0.25, 0.3) is 5.65 Å². The number of carboxylic acid groups (broad SMARTS) is 1. The molecule has 1 aliphatic rings. The summed E-state index contributed by atoms with van der Waals surface area (Å²) < 4.78 is 28.8. The van der Waals surface area contributed by atoms with Gasteiger partial charge < -0.3 is 15.7 Å². The van der Waals surface area contributed by atoms with Crippen molar-refractivity contribution in [3.63, 3.8) is 0 Å². The number of amides is 2. The number of carboxylic acids is 1. The largest absolute Gasteiger partial charge is 0.478 e. The monoisotopic (exact) mass is 505 g/mol. The highest BCUT2D eigenvalue weighted by Gasteiger charge is 2.29. The molecule has 2 aromatic heterocycles. The SMILES string of the molecule is Cc1c(C(=O)O)ccc2c1CC[C@@H]2NC(=O)c1cc(C(=O)NCc2cccc(F)c2)nc2c(F)cnn12. The Hall–Kier alpha value is -4.67. The Kier molecular flexibility index (Phi) is 6.12. The summed E-state index contributed by atoms with van der Waals surface area (Å²) in [5.41, 5.74) is 2.45. The number of halogens is 2. The average molecular weight is 505 g/mol. The van der Waals surface area contributed by atoms with Gasteiger partial charge in [0.15, 0.2) is 11.5 Å². The molecule has 0 unspecified atom stereocenters. The molecule has 188 valence electrons. The summed E-state index contributed by atoms with van der Waals surface area (Å²) in [7, 11) is 0. The number of rotatable bonds is 6. The minimum atomic E-state index is -1.02. The molecule has 1 aliphatic carbocycles. The van der Waals surface area contributed by atoms with Gasteiger partial charge in [0.05, 0.1) is 17.8 Å². The van der Waals surface area contributed by atoms with Gasteiger partial charge in [0.25, 0.3) is 11.8 Å². The van der Waals surface area contributed by atoms with Crippen LogP contribution in [0, 0.1) is 18.6 Å². The molecular weight excluding hydrogens is 484 g/mol. The maximum Gasteiger partial charge on any atom is 0.335 e. The molecule has 4 aromatic rings. The maximum absolute atomic E-state index is 14.4. The predicted octanol–water partition coefficient (Wildman–Crippen LogP) is 3.36. The van der Waals surface area contributed by atoms with Crippen LogP contribution in [-0.4, -0.2) is 37.5 Å². The van der Waals surface area contributed by atoms with E-state index < -0.39 is 35.5 Å². The van der Waals surface area contributed by atoms with Crippen molar-refractivity contribution in [2.75, 3.05) is 0 Å². The normalized spacial score (nSPS) is 14.4. The van der Waals surface area contributed by atoms with Gasteiger partial charge in [-0.3, -0.25) is 9.59 Å². The first kappa shape index (κ1) is 24.0. The molecule has 0 saturated heterocycles. The van der Waals surface area contributed by atoms with E-state index in [9.17, 15) is 28.3 Å². The molecule has 0 spiro atoms. The highest BCUT2D eigenvalue weighted by Crippen LogP contribution is 2.35. The second kappa shape index (κ2) is 9.41. The van der Waals surface area contributed by atoms with Gasteiger partial charge in [-0.05, 0) is 60.2 Å². The maximum atomic E-state index is 14.4. The zero-order chi connectivity index (χ0) is 26.3. The van der Waals surface area contributed by atoms with Crippen molar-refractivity contribution in [2.24, 2.45) is 0 Å². The van der Waals surface area contributed by atoms with Crippen LogP contribution in [0.5, 0.6) is 0 Å². The van der Waals surface area contributed by atoms with Gasteiger partial charge in [0.2, 0.25) is 0 Å². The second-order valence-corrected chi connectivity index (χ2v) is 8.74. The van der Waals surface area contributed by atoms with Crippen molar-refractivity contribution in [1.29, 1.82) is 0 Å². The van der Waals surface area contributed by atoms with Gasteiger partial charge in [-0.15, -0.1) is 0 Å². The van der Waals surface area contributed by atoms with E-state index in [4.69, 9.17) is 0 Å². The van der Waals surface area contributed by atoms with Crippen LogP contribution < -0.4 is 10.6 Å². The lowest BCUT2D eigenvalue weighted by Crippen LogP contribution is -2.30. The molecule has 2 heterocycles. The van der Waals surface area contributed by atoms with Crippen LogP contribution in [0.3, 0.4) is 0 Å². The van der Waals surface area contributed by atoms with Gasteiger partial charge in [-0.2, -0.15) is 5.10 Å². The van der Waals surface area contributed by atoms with Crippen LogP contribution in [0.4, 0.5) is 8.78 Å². The summed E-state index contributed by atoms with van der Waals surface area (Å²) in [5, 5.41) is 18.7. The lowest BCUT2D eigenvalue weighted by Gasteiger charge is -2.16. The van der Waals surface area contributed by atoms with Gasteiger partial charge in [0, 0.05) is 12.6 Å². The number of nitrogens with one attached hydrogen (secondary N) is 2. The Balaban J connectivity index is 1.41. The molecule has 1 atom stereocenters. The Morgan fingerprint density at radius 2 is 1.95 bits per heavy atom. The van der Waals surface area contributed by atoms with Crippen molar-refractivity contribution >= 4 is 23.4 Å². The summed E-state index contributed by atoms with van der Waals surface area (Å²) in [6, 6.07) is 9.70. The molecule has 9 nitrogen and oxygen atoms in total. The highest BCUT2D eigenvalue weighted by atomic mass is 19.1. The standard InChI is InChI=1S/C26H21F2N5O4/c1-13-16-7-8-20(18(16)6-5-17(13)26(36)37)32-25(35)22-10-21(31-23-19(28)12-30-33(22)23)24(34)29-11-14-3-2-4-15(27)9-14/h2-6,9-10,12,20H,7-8,11H2,1H3,(H,29,34)(H,32,35)(H,36,37)/t20-/m0/s1. The fourth-order valence-electron chi connectivity index (χ4n) is 4.63. The van der Waals surface area contributed by atoms with Crippen LogP contribution in [0.1, 0.15) is 66.1 Å². The van der Waals surface area contributed by atoms with E-state index in [2.05, 4.69) is 20.7 Å². The Morgan fingerprint density at radius 3 is 2.70 bits per heavy atom. The third-order valence-electron chi connectivity index (χ3n) is 6.46. The summed E-state index contributed by atoms with van der Waals surface area (Å²) in [4.78, 5) is 41.6. The van der Waals surface area contributed by atoms with Crippen LogP contribution in [0.15, 0.2) is 48.7 Å². The number of fused-ring (bicyclic) bond motifs is 2. The zero-order valence-electron chi connectivity index (χ0n) is 19.6. The molecule has 2 aromatic carbocycles. The summed E-state index contributed by atoms with van der Waals surface area (Å²) in [6.45, 7) is 1.74. The Morgan fingerprint density at radius 1 is 1.14 bits per heavy atom. The number of benzene rings is 2. The van der Waals surface area contributed by atoms with Crippen LogP contribution >= 0.6 is 0 Å². The molecule has 37 heavy (non-hydrogen) atoms. The summed E-state index contributed by atoms with van der Waals surface area (Å²) in [5.74, 6) is -3.56. The molecule has 0 saturated carbocycles.